The lowest BCUT2D eigenvalue weighted by Crippen LogP contribution is -2.39. The molecule has 0 unspecified atom stereocenters. The molecule has 0 bridgehead atoms. The summed E-state index contributed by atoms with van der Waals surface area (Å²) >= 11 is 0. The van der Waals surface area contributed by atoms with Gasteiger partial charge in [0, 0.05) is 25.2 Å². The van der Waals surface area contributed by atoms with Crippen LogP contribution >= 0.6 is 0 Å². The maximum atomic E-state index is 14.1. The number of hydrogen-bond donors (Lipinski definition) is 1. The number of nitro benzene ring substituents is 1. The minimum Gasteiger partial charge on any atom is -0.380 e. The fraction of sp³-hybridized carbons (Fsp3) is 0.294. The number of piperidine rings is 1. The number of nitro groups is 1. The molecule has 2 aromatic carbocycles. The molecule has 7 heteroatoms. The molecule has 1 heterocycles. The van der Waals surface area contributed by atoms with Gasteiger partial charge < -0.3 is 10.2 Å². The molecule has 1 aliphatic heterocycles. The van der Waals surface area contributed by atoms with Crippen LogP contribution in [0.15, 0.2) is 42.5 Å². The Balaban J connectivity index is 1.63. The van der Waals surface area contributed by atoms with Crippen LogP contribution in [0, 0.1) is 21.7 Å². The number of halogens is 2. The Morgan fingerprint density at radius 1 is 1.08 bits per heavy atom. The lowest BCUT2D eigenvalue weighted by Gasteiger charge is -2.34. The highest BCUT2D eigenvalue weighted by atomic mass is 19.1. The van der Waals surface area contributed by atoms with Crippen molar-refractivity contribution in [2.75, 3.05) is 23.3 Å². The molecule has 2 aromatic rings. The van der Waals surface area contributed by atoms with Crippen LogP contribution in [0.4, 0.5) is 25.8 Å². The highest BCUT2D eigenvalue weighted by molar-refractivity contribution is 5.53. The van der Waals surface area contributed by atoms with E-state index in [-0.39, 0.29) is 17.5 Å². The van der Waals surface area contributed by atoms with E-state index in [4.69, 9.17) is 0 Å². The average Bonchev–Trinajstić information content (AvgIpc) is 2.58. The van der Waals surface area contributed by atoms with Crippen molar-refractivity contribution in [1.82, 2.24) is 0 Å². The molecule has 1 N–H and O–H groups in total. The predicted octanol–water partition coefficient (Wildman–Crippen LogP) is 3.95. The van der Waals surface area contributed by atoms with Gasteiger partial charge in [0.05, 0.1) is 22.4 Å². The minimum absolute atomic E-state index is 0.110. The Bertz CT molecular complexity index is 746. The molecule has 0 aromatic heterocycles. The zero-order valence-electron chi connectivity index (χ0n) is 12.9. The number of hydrogen-bond acceptors (Lipinski definition) is 4. The van der Waals surface area contributed by atoms with Crippen LogP contribution in [0.3, 0.4) is 0 Å². The van der Waals surface area contributed by atoms with E-state index in [0.29, 0.717) is 24.5 Å². The van der Waals surface area contributed by atoms with E-state index in [2.05, 4.69) is 5.32 Å². The zero-order valence-corrected chi connectivity index (χ0v) is 12.9. The Kier molecular flexibility index (Phi) is 4.59. The quantitative estimate of drug-likeness (QED) is 0.680. The first kappa shape index (κ1) is 16.2. The predicted molar refractivity (Wildman–Crippen MR) is 88.3 cm³/mol. The van der Waals surface area contributed by atoms with Gasteiger partial charge in [0.2, 0.25) is 0 Å². The molecule has 1 aliphatic rings. The van der Waals surface area contributed by atoms with Crippen molar-refractivity contribution in [1.29, 1.82) is 0 Å². The molecule has 0 atom stereocenters. The number of non-ortho nitro benzene ring substituents is 1. The van der Waals surface area contributed by atoms with Gasteiger partial charge in [-0.2, -0.15) is 0 Å². The fourth-order valence-electron chi connectivity index (χ4n) is 2.93. The molecular weight excluding hydrogens is 316 g/mol. The van der Waals surface area contributed by atoms with E-state index in [1.165, 1.54) is 18.2 Å². The van der Waals surface area contributed by atoms with Crippen LogP contribution in [0.25, 0.3) is 0 Å². The molecule has 1 saturated heterocycles. The Morgan fingerprint density at radius 3 is 2.42 bits per heavy atom. The zero-order chi connectivity index (χ0) is 17.1. The summed E-state index contributed by atoms with van der Waals surface area (Å²) in [6, 6.07) is 10.3. The highest BCUT2D eigenvalue weighted by Crippen LogP contribution is 2.27. The molecule has 1 fully saturated rings. The van der Waals surface area contributed by atoms with Crippen molar-refractivity contribution in [3.63, 3.8) is 0 Å². The second-order valence-corrected chi connectivity index (χ2v) is 5.78. The maximum absolute atomic E-state index is 14.1. The average molecular weight is 333 g/mol. The molecular formula is C17H17F2N3O2. The second-order valence-electron chi connectivity index (χ2n) is 5.78. The molecule has 0 saturated carbocycles. The van der Waals surface area contributed by atoms with Gasteiger partial charge >= 0.3 is 0 Å². The monoisotopic (exact) mass is 333 g/mol. The van der Waals surface area contributed by atoms with Gasteiger partial charge in [-0.05, 0) is 31.0 Å². The third kappa shape index (κ3) is 3.45. The molecule has 0 spiro atoms. The van der Waals surface area contributed by atoms with Crippen molar-refractivity contribution in [3.05, 3.63) is 64.2 Å². The number of rotatable bonds is 4. The summed E-state index contributed by atoms with van der Waals surface area (Å²) in [4.78, 5) is 11.9. The van der Waals surface area contributed by atoms with Crippen molar-refractivity contribution in [2.45, 2.75) is 18.9 Å². The van der Waals surface area contributed by atoms with Crippen molar-refractivity contribution in [2.24, 2.45) is 0 Å². The van der Waals surface area contributed by atoms with Gasteiger partial charge in [-0.15, -0.1) is 0 Å². The summed E-state index contributed by atoms with van der Waals surface area (Å²) in [6.45, 7) is 1.20. The number of nitrogens with zero attached hydrogens (tertiary/aromatic N) is 2. The summed E-state index contributed by atoms with van der Waals surface area (Å²) in [7, 11) is 0. The third-order valence-corrected chi connectivity index (χ3v) is 4.21. The molecule has 0 radical (unpaired) electrons. The van der Waals surface area contributed by atoms with Gasteiger partial charge in [-0.1, -0.05) is 12.1 Å². The van der Waals surface area contributed by atoms with Crippen molar-refractivity contribution in [3.8, 4) is 0 Å². The summed E-state index contributed by atoms with van der Waals surface area (Å²) in [6.07, 6.45) is 1.45. The molecule has 24 heavy (non-hydrogen) atoms. The van der Waals surface area contributed by atoms with Gasteiger partial charge in [0.1, 0.15) is 5.82 Å². The Labute approximate surface area is 138 Å². The van der Waals surface area contributed by atoms with E-state index < -0.39 is 10.7 Å². The topological polar surface area (TPSA) is 58.4 Å². The molecule has 5 nitrogen and oxygen atoms in total. The number of para-hydroxylation sites is 1. The SMILES string of the molecule is O=[N+]([O-])c1ccc(N2CCC(Nc3ccccc3F)CC2)c(F)c1. The largest absolute Gasteiger partial charge is 0.380 e. The van der Waals surface area contributed by atoms with Gasteiger partial charge in [0.25, 0.3) is 5.69 Å². The standard InChI is InChI=1S/C17H17F2N3O2/c18-14-3-1-2-4-16(14)20-12-7-9-21(10-8-12)17-6-5-13(22(23)24)11-15(17)19/h1-6,11-12,20H,7-10H2. The summed E-state index contributed by atoms with van der Waals surface area (Å²) in [5.74, 6) is -0.883. The molecule has 0 aliphatic carbocycles. The van der Waals surface area contributed by atoms with Crippen LogP contribution in [0.5, 0.6) is 0 Å². The molecule has 0 amide bonds. The smallest absolute Gasteiger partial charge is 0.272 e. The lowest BCUT2D eigenvalue weighted by molar-refractivity contribution is -0.385. The molecule has 3 rings (SSSR count). The first-order chi connectivity index (χ1) is 11.5. The third-order valence-electron chi connectivity index (χ3n) is 4.21. The highest BCUT2D eigenvalue weighted by Gasteiger charge is 2.23. The van der Waals surface area contributed by atoms with E-state index in [1.54, 1.807) is 18.2 Å². The van der Waals surface area contributed by atoms with E-state index in [1.807, 2.05) is 4.90 Å². The Hall–Kier alpha value is -2.70. The van der Waals surface area contributed by atoms with Gasteiger partial charge in [-0.3, -0.25) is 10.1 Å². The van der Waals surface area contributed by atoms with Crippen LogP contribution < -0.4 is 10.2 Å². The van der Waals surface area contributed by atoms with E-state index in [9.17, 15) is 18.9 Å². The van der Waals surface area contributed by atoms with Crippen LogP contribution in [0.1, 0.15) is 12.8 Å². The van der Waals surface area contributed by atoms with E-state index >= 15 is 0 Å². The normalized spacial score (nSPS) is 15.3. The summed E-state index contributed by atoms with van der Waals surface area (Å²) < 4.78 is 27.7. The Morgan fingerprint density at radius 2 is 1.79 bits per heavy atom. The molecule has 126 valence electrons. The van der Waals surface area contributed by atoms with Crippen LogP contribution in [-0.4, -0.2) is 24.1 Å². The minimum atomic E-state index is -0.614. The van der Waals surface area contributed by atoms with E-state index in [0.717, 1.165) is 18.9 Å². The van der Waals surface area contributed by atoms with Gasteiger partial charge in [0.15, 0.2) is 5.82 Å². The number of anilines is 2. The van der Waals surface area contributed by atoms with Crippen molar-refractivity contribution < 1.29 is 13.7 Å². The second kappa shape index (κ2) is 6.82. The fourth-order valence-corrected chi connectivity index (χ4v) is 2.93. The summed E-state index contributed by atoms with van der Waals surface area (Å²) in [5.41, 5.74) is 0.578. The lowest BCUT2D eigenvalue weighted by atomic mass is 10.0. The number of nitrogens with one attached hydrogen (secondary N) is 1. The first-order valence-electron chi connectivity index (χ1n) is 7.74. The van der Waals surface area contributed by atoms with Gasteiger partial charge in [-0.25, -0.2) is 8.78 Å². The number of benzene rings is 2. The van der Waals surface area contributed by atoms with Crippen molar-refractivity contribution >= 4 is 17.1 Å². The van der Waals surface area contributed by atoms with Crippen LogP contribution in [0.2, 0.25) is 0 Å². The summed E-state index contributed by atoms with van der Waals surface area (Å²) in [5, 5.41) is 13.8. The maximum Gasteiger partial charge on any atom is 0.272 e. The first-order valence-corrected chi connectivity index (χ1v) is 7.74. The van der Waals surface area contributed by atoms with Crippen LogP contribution in [-0.2, 0) is 0 Å².